The van der Waals surface area contributed by atoms with Crippen molar-refractivity contribution in [2.45, 2.75) is 19.4 Å². The standard InChI is InChI=1S/C14H20ClN3O2/c1-2-11-9-20-6-5-18(11)8-14(19)17-10-3-4-12(15)13(16)7-10/h3-4,7,11H,2,5-6,8-9,16H2,1H3,(H,17,19). The number of nitrogen functional groups attached to an aromatic ring is 1. The Hall–Kier alpha value is -1.30. The van der Waals surface area contributed by atoms with Gasteiger partial charge >= 0.3 is 0 Å². The molecule has 0 aliphatic carbocycles. The second kappa shape index (κ2) is 6.92. The van der Waals surface area contributed by atoms with Gasteiger partial charge in [0.15, 0.2) is 0 Å². The van der Waals surface area contributed by atoms with Crippen molar-refractivity contribution in [3.05, 3.63) is 23.2 Å². The number of hydrogen-bond acceptors (Lipinski definition) is 4. The summed E-state index contributed by atoms with van der Waals surface area (Å²) in [5.74, 6) is -0.0490. The molecule has 1 aliphatic heterocycles. The molecule has 1 aromatic rings. The van der Waals surface area contributed by atoms with Crippen LogP contribution in [-0.4, -0.2) is 43.2 Å². The van der Waals surface area contributed by atoms with Crippen LogP contribution in [0.15, 0.2) is 18.2 Å². The van der Waals surface area contributed by atoms with E-state index in [1.54, 1.807) is 18.2 Å². The minimum absolute atomic E-state index is 0.0490. The van der Waals surface area contributed by atoms with Crippen LogP contribution < -0.4 is 11.1 Å². The Balaban J connectivity index is 1.92. The SMILES string of the molecule is CCC1COCCN1CC(=O)Nc1ccc(Cl)c(N)c1. The van der Waals surface area contributed by atoms with Gasteiger partial charge < -0.3 is 15.8 Å². The van der Waals surface area contributed by atoms with E-state index >= 15 is 0 Å². The highest BCUT2D eigenvalue weighted by molar-refractivity contribution is 6.33. The molecule has 110 valence electrons. The van der Waals surface area contributed by atoms with E-state index in [0.717, 1.165) is 13.0 Å². The lowest BCUT2D eigenvalue weighted by molar-refractivity contribution is -0.119. The summed E-state index contributed by atoms with van der Waals surface area (Å²) >= 11 is 5.85. The van der Waals surface area contributed by atoms with Gasteiger partial charge in [-0.3, -0.25) is 9.69 Å². The lowest BCUT2D eigenvalue weighted by atomic mass is 10.2. The highest BCUT2D eigenvalue weighted by Crippen LogP contribution is 2.22. The molecule has 20 heavy (non-hydrogen) atoms. The summed E-state index contributed by atoms with van der Waals surface area (Å²) in [6.45, 7) is 4.62. The van der Waals surface area contributed by atoms with E-state index in [9.17, 15) is 4.79 Å². The zero-order valence-corrected chi connectivity index (χ0v) is 12.3. The number of carbonyl (C=O) groups excluding carboxylic acids is 1. The molecule has 0 aromatic heterocycles. The molecule has 1 unspecified atom stereocenters. The van der Waals surface area contributed by atoms with Crippen LogP contribution in [0.25, 0.3) is 0 Å². The fraction of sp³-hybridized carbons (Fsp3) is 0.500. The molecule has 1 saturated heterocycles. The Morgan fingerprint density at radius 2 is 2.40 bits per heavy atom. The number of anilines is 2. The van der Waals surface area contributed by atoms with Gasteiger partial charge in [0.2, 0.25) is 5.91 Å². The second-order valence-corrected chi connectivity index (χ2v) is 5.30. The van der Waals surface area contributed by atoms with Gasteiger partial charge in [-0.05, 0) is 24.6 Å². The summed E-state index contributed by atoms with van der Waals surface area (Å²) in [4.78, 5) is 14.2. The van der Waals surface area contributed by atoms with Crippen molar-refractivity contribution in [3.63, 3.8) is 0 Å². The third-order valence-corrected chi connectivity index (χ3v) is 3.79. The predicted molar refractivity (Wildman–Crippen MR) is 81.0 cm³/mol. The topological polar surface area (TPSA) is 67.6 Å². The van der Waals surface area contributed by atoms with E-state index < -0.39 is 0 Å². The molecule has 0 spiro atoms. The summed E-state index contributed by atoms with van der Waals surface area (Å²) < 4.78 is 5.43. The number of nitrogens with zero attached hydrogens (tertiary/aromatic N) is 1. The smallest absolute Gasteiger partial charge is 0.238 e. The highest BCUT2D eigenvalue weighted by Gasteiger charge is 2.23. The van der Waals surface area contributed by atoms with Crippen molar-refractivity contribution >= 4 is 28.9 Å². The molecular formula is C14H20ClN3O2. The highest BCUT2D eigenvalue weighted by atomic mass is 35.5. The fourth-order valence-corrected chi connectivity index (χ4v) is 2.40. The molecule has 1 aromatic carbocycles. The number of carbonyl (C=O) groups is 1. The monoisotopic (exact) mass is 297 g/mol. The van der Waals surface area contributed by atoms with Gasteiger partial charge in [0.1, 0.15) is 0 Å². The second-order valence-electron chi connectivity index (χ2n) is 4.89. The molecule has 1 amide bonds. The first-order valence-electron chi connectivity index (χ1n) is 6.76. The van der Waals surface area contributed by atoms with Gasteiger partial charge in [0.25, 0.3) is 0 Å². The number of morpholine rings is 1. The van der Waals surface area contributed by atoms with Gasteiger partial charge in [0.05, 0.1) is 30.5 Å². The Bertz CT molecular complexity index is 481. The predicted octanol–water partition coefficient (Wildman–Crippen LogP) is 1.97. The van der Waals surface area contributed by atoms with E-state index in [4.69, 9.17) is 22.1 Å². The van der Waals surface area contributed by atoms with Crippen LogP contribution in [0.1, 0.15) is 13.3 Å². The summed E-state index contributed by atoms with van der Waals surface area (Å²) in [7, 11) is 0. The van der Waals surface area contributed by atoms with Crippen molar-refractivity contribution in [2.75, 3.05) is 37.4 Å². The maximum Gasteiger partial charge on any atom is 0.238 e. The number of rotatable bonds is 4. The first-order chi connectivity index (χ1) is 9.60. The first kappa shape index (κ1) is 15.1. The van der Waals surface area contributed by atoms with Crippen molar-refractivity contribution in [3.8, 4) is 0 Å². The molecule has 2 rings (SSSR count). The normalized spacial score (nSPS) is 19.8. The molecular weight excluding hydrogens is 278 g/mol. The lowest BCUT2D eigenvalue weighted by Gasteiger charge is -2.34. The van der Waals surface area contributed by atoms with Crippen LogP contribution in [-0.2, 0) is 9.53 Å². The number of amides is 1. The van der Waals surface area contributed by atoms with Crippen LogP contribution >= 0.6 is 11.6 Å². The third-order valence-electron chi connectivity index (χ3n) is 3.45. The molecule has 0 bridgehead atoms. The average molecular weight is 298 g/mol. The van der Waals surface area contributed by atoms with E-state index in [1.807, 2.05) is 0 Å². The summed E-state index contributed by atoms with van der Waals surface area (Å²) in [5, 5.41) is 3.33. The molecule has 1 atom stereocenters. The third kappa shape index (κ3) is 3.85. The quantitative estimate of drug-likeness (QED) is 0.834. The van der Waals surface area contributed by atoms with Gasteiger partial charge in [-0.25, -0.2) is 0 Å². The fourth-order valence-electron chi connectivity index (χ4n) is 2.28. The van der Waals surface area contributed by atoms with Crippen LogP contribution in [0.4, 0.5) is 11.4 Å². The molecule has 1 fully saturated rings. The van der Waals surface area contributed by atoms with E-state index in [-0.39, 0.29) is 5.91 Å². The minimum atomic E-state index is -0.0490. The largest absolute Gasteiger partial charge is 0.397 e. The maximum absolute atomic E-state index is 12.1. The Kier molecular flexibility index (Phi) is 5.23. The molecule has 1 heterocycles. The van der Waals surface area contributed by atoms with Crippen LogP contribution in [0, 0.1) is 0 Å². The van der Waals surface area contributed by atoms with E-state index in [1.165, 1.54) is 0 Å². The zero-order chi connectivity index (χ0) is 14.5. The van der Waals surface area contributed by atoms with Crippen LogP contribution in [0.5, 0.6) is 0 Å². The Morgan fingerprint density at radius 3 is 3.10 bits per heavy atom. The maximum atomic E-state index is 12.1. The van der Waals surface area contributed by atoms with Crippen molar-refractivity contribution in [1.82, 2.24) is 4.90 Å². The minimum Gasteiger partial charge on any atom is -0.397 e. The van der Waals surface area contributed by atoms with Gasteiger partial charge in [-0.2, -0.15) is 0 Å². The van der Waals surface area contributed by atoms with Crippen molar-refractivity contribution in [2.24, 2.45) is 0 Å². The van der Waals surface area contributed by atoms with Crippen molar-refractivity contribution in [1.29, 1.82) is 0 Å². The van der Waals surface area contributed by atoms with Crippen molar-refractivity contribution < 1.29 is 9.53 Å². The number of benzene rings is 1. The first-order valence-corrected chi connectivity index (χ1v) is 7.14. The number of nitrogens with one attached hydrogen (secondary N) is 1. The Morgan fingerprint density at radius 1 is 1.60 bits per heavy atom. The van der Waals surface area contributed by atoms with Gasteiger partial charge in [-0.15, -0.1) is 0 Å². The summed E-state index contributed by atoms with van der Waals surface area (Å²) in [5.41, 5.74) is 6.84. The molecule has 0 saturated carbocycles. The average Bonchev–Trinajstić information content (AvgIpc) is 2.43. The van der Waals surface area contributed by atoms with Crippen LogP contribution in [0.3, 0.4) is 0 Å². The Labute approximate surface area is 124 Å². The summed E-state index contributed by atoms with van der Waals surface area (Å²) in [6, 6.07) is 5.39. The van der Waals surface area contributed by atoms with E-state index in [0.29, 0.717) is 42.2 Å². The summed E-state index contributed by atoms with van der Waals surface area (Å²) in [6.07, 6.45) is 0.973. The molecule has 6 heteroatoms. The number of nitrogens with two attached hydrogens (primary N) is 1. The lowest BCUT2D eigenvalue weighted by Crippen LogP contribution is -2.48. The number of hydrogen-bond donors (Lipinski definition) is 2. The number of ether oxygens (including phenoxy) is 1. The van der Waals surface area contributed by atoms with Crippen LogP contribution in [0.2, 0.25) is 5.02 Å². The van der Waals surface area contributed by atoms with Gasteiger partial charge in [0, 0.05) is 18.3 Å². The molecule has 3 N–H and O–H groups in total. The van der Waals surface area contributed by atoms with E-state index in [2.05, 4.69) is 17.1 Å². The zero-order valence-electron chi connectivity index (χ0n) is 11.6. The molecule has 1 aliphatic rings. The van der Waals surface area contributed by atoms with Gasteiger partial charge in [-0.1, -0.05) is 18.5 Å². The molecule has 5 nitrogen and oxygen atoms in total. The molecule has 0 radical (unpaired) electrons. The number of halogens is 1.